The minimum absolute atomic E-state index is 0.0203. The number of anilines is 1. The number of hydrogen-bond acceptors (Lipinski definition) is 5. The molecule has 1 atom stereocenters. The highest BCUT2D eigenvalue weighted by Gasteiger charge is 2.15. The molecule has 0 fully saturated rings. The van der Waals surface area contributed by atoms with Crippen LogP contribution in [0.5, 0.6) is 0 Å². The predicted molar refractivity (Wildman–Crippen MR) is 112 cm³/mol. The highest BCUT2D eigenvalue weighted by molar-refractivity contribution is 8.00. The average Bonchev–Trinajstić information content (AvgIpc) is 2.70. The van der Waals surface area contributed by atoms with Crippen molar-refractivity contribution in [1.29, 1.82) is 0 Å². The van der Waals surface area contributed by atoms with Crippen molar-refractivity contribution in [2.45, 2.75) is 38.0 Å². The maximum atomic E-state index is 12.3. The van der Waals surface area contributed by atoms with Gasteiger partial charge in [0.25, 0.3) is 5.91 Å². The summed E-state index contributed by atoms with van der Waals surface area (Å²) >= 11 is 1.27. The number of nitrogens with one attached hydrogen (secondary N) is 1. The molecule has 1 N–H and O–H groups in total. The van der Waals surface area contributed by atoms with Crippen molar-refractivity contribution in [3.05, 3.63) is 59.7 Å². The van der Waals surface area contributed by atoms with Gasteiger partial charge in [0, 0.05) is 10.6 Å². The molecule has 148 valence electrons. The van der Waals surface area contributed by atoms with E-state index in [4.69, 9.17) is 4.74 Å². The number of carbonyl (C=O) groups excluding carboxylic acids is 3. The zero-order valence-corrected chi connectivity index (χ0v) is 17.2. The van der Waals surface area contributed by atoms with Crippen LogP contribution in [0, 0.1) is 0 Å². The number of ether oxygens (including phenoxy) is 1. The average molecular weight is 400 g/mol. The summed E-state index contributed by atoms with van der Waals surface area (Å²) in [6, 6.07) is 14.5. The maximum Gasteiger partial charge on any atom is 0.339 e. The lowest BCUT2D eigenvalue weighted by atomic mass is 9.99. The number of carbonyl (C=O) groups is 3. The van der Waals surface area contributed by atoms with Gasteiger partial charge in [-0.25, -0.2) is 4.79 Å². The third-order valence-corrected chi connectivity index (χ3v) is 5.47. The van der Waals surface area contributed by atoms with E-state index in [0.717, 1.165) is 6.42 Å². The van der Waals surface area contributed by atoms with Gasteiger partial charge in [-0.05, 0) is 49.1 Å². The molecule has 0 aliphatic heterocycles. The molecular formula is C22H25NO4S. The van der Waals surface area contributed by atoms with E-state index in [2.05, 4.69) is 19.2 Å². The predicted octanol–water partition coefficient (Wildman–Crippen LogP) is 4.68. The quantitative estimate of drug-likeness (QED) is 0.490. The van der Waals surface area contributed by atoms with E-state index in [1.54, 1.807) is 24.3 Å². The Balaban J connectivity index is 1.90. The number of ketones is 1. The van der Waals surface area contributed by atoms with Gasteiger partial charge >= 0.3 is 5.97 Å². The maximum absolute atomic E-state index is 12.3. The molecule has 0 saturated heterocycles. The van der Waals surface area contributed by atoms with E-state index in [0.29, 0.717) is 22.1 Å². The fraction of sp³-hybridized carbons (Fsp3) is 0.318. The van der Waals surface area contributed by atoms with Crippen molar-refractivity contribution < 1.29 is 19.1 Å². The Morgan fingerprint density at radius 3 is 2.39 bits per heavy atom. The SMILES string of the molecule is CC[C@H](C)c1ccc(NC(=O)COC(=O)c2ccccc2SCC(C)=O)cc1. The molecule has 2 rings (SSSR count). The number of Topliss-reactive ketones (excluding diaryl/α,β-unsaturated/α-hetero) is 1. The fourth-order valence-electron chi connectivity index (χ4n) is 2.48. The third-order valence-electron chi connectivity index (χ3n) is 4.25. The molecule has 0 spiro atoms. The molecule has 5 nitrogen and oxygen atoms in total. The van der Waals surface area contributed by atoms with Crippen LogP contribution >= 0.6 is 11.8 Å². The lowest BCUT2D eigenvalue weighted by molar-refractivity contribution is -0.119. The number of hydrogen-bond donors (Lipinski definition) is 1. The standard InChI is InChI=1S/C22H25NO4S/c1-4-15(2)17-9-11-18(12-10-17)23-21(25)13-27-22(26)19-7-5-6-8-20(19)28-14-16(3)24/h5-12,15H,4,13-14H2,1-3H3,(H,23,25)/t15-/m0/s1. The molecule has 0 radical (unpaired) electrons. The molecular weight excluding hydrogens is 374 g/mol. The highest BCUT2D eigenvalue weighted by Crippen LogP contribution is 2.23. The second kappa shape index (κ2) is 10.7. The number of thioether (sulfide) groups is 1. The van der Waals surface area contributed by atoms with E-state index in [1.165, 1.54) is 24.2 Å². The van der Waals surface area contributed by atoms with Crippen LogP contribution in [0.4, 0.5) is 5.69 Å². The van der Waals surface area contributed by atoms with Gasteiger partial charge in [-0.3, -0.25) is 9.59 Å². The molecule has 0 unspecified atom stereocenters. The van der Waals surface area contributed by atoms with Crippen LogP contribution in [0.15, 0.2) is 53.4 Å². The lowest BCUT2D eigenvalue weighted by Gasteiger charge is -2.11. The Hall–Kier alpha value is -2.60. The largest absolute Gasteiger partial charge is 0.452 e. The Bertz CT molecular complexity index is 833. The monoisotopic (exact) mass is 399 g/mol. The van der Waals surface area contributed by atoms with Gasteiger partial charge in [0.1, 0.15) is 5.78 Å². The first-order chi connectivity index (χ1) is 13.4. The number of esters is 1. The Morgan fingerprint density at radius 2 is 1.75 bits per heavy atom. The van der Waals surface area contributed by atoms with Crippen molar-refractivity contribution in [3.63, 3.8) is 0 Å². The van der Waals surface area contributed by atoms with Gasteiger partial charge in [0.05, 0.1) is 11.3 Å². The Labute approximate surface area is 169 Å². The lowest BCUT2D eigenvalue weighted by Crippen LogP contribution is -2.21. The van der Waals surface area contributed by atoms with Crippen molar-refractivity contribution in [2.24, 2.45) is 0 Å². The third kappa shape index (κ3) is 6.53. The van der Waals surface area contributed by atoms with Crippen molar-refractivity contribution in [1.82, 2.24) is 0 Å². The van der Waals surface area contributed by atoms with Gasteiger partial charge in [-0.15, -0.1) is 11.8 Å². The van der Waals surface area contributed by atoms with Gasteiger partial charge in [0.2, 0.25) is 0 Å². The number of amides is 1. The summed E-state index contributed by atoms with van der Waals surface area (Å²) < 4.78 is 5.14. The van der Waals surface area contributed by atoms with Crippen molar-refractivity contribution in [2.75, 3.05) is 17.7 Å². The van der Waals surface area contributed by atoms with Gasteiger partial charge < -0.3 is 10.1 Å². The van der Waals surface area contributed by atoms with Gasteiger partial charge in [-0.2, -0.15) is 0 Å². The summed E-state index contributed by atoms with van der Waals surface area (Å²) in [6.45, 7) is 5.40. The van der Waals surface area contributed by atoms with Crippen LogP contribution in [0.2, 0.25) is 0 Å². The fourth-order valence-corrected chi connectivity index (χ4v) is 3.32. The van der Waals surface area contributed by atoms with Gasteiger partial charge in [0.15, 0.2) is 6.61 Å². The molecule has 2 aromatic rings. The normalized spacial score (nSPS) is 11.5. The van der Waals surface area contributed by atoms with Crippen LogP contribution in [0.1, 0.15) is 49.0 Å². The molecule has 0 heterocycles. The molecule has 28 heavy (non-hydrogen) atoms. The van der Waals surface area contributed by atoms with Crippen LogP contribution in [-0.2, 0) is 14.3 Å². The topological polar surface area (TPSA) is 72.5 Å². The second-order valence-electron chi connectivity index (χ2n) is 6.54. The molecule has 0 aromatic heterocycles. The summed E-state index contributed by atoms with van der Waals surface area (Å²) in [5, 5.41) is 2.72. The van der Waals surface area contributed by atoms with Crippen molar-refractivity contribution >= 4 is 35.1 Å². The van der Waals surface area contributed by atoms with E-state index in [9.17, 15) is 14.4 Å². The molecule has 0 saturated carbocycles. The first kappa shape index (κ1) is 21.7. The van der Waals surface area contributed by atoms with Crippen LogP contribution in [0.25, 0.3) is 0 Å². The first-order valence-corrected chi connectivity index (χ1v) is 10.2. The van der Waals surface area contributed by atoms with Crippen LogP contribution in [-0.4, -0.2) is 30.0 Å². The summed E-state index contributed by atoms with van der Waals surface area (Å²) in [5.74, 6) is -0.233. The van der Waals surface area contributed by atoms with Crippen LogP contribution in [0.3, 0.4) is 0 Å². The van der Waals surface area contributed by atoms with E-state index >= 15 is 0 Å². The Morgan fingerprint density at radius 1 is 1.07 bits per heavy atom. The zero-order valence-electron chi connectivity index (χ0n) is 16.4. The second-order valence-corrected chi connectivity index (χ2v) is 7.56. The molecule has 2 aromatic carbocycles. The highest BCUT2D eigenvalue weighted by atomic mass is 32.2. The number of benzene rings is 2. The van der Waals surface area contributed by atoms with E-state index in [-0.39, 0.29) is 18.1 Å². The van der Waals surface area contributed by atoms with Crippen molar-refractivity contribution in [3.8, 4) is 0 Å². The smallest absolute Gasteiger partial charge is 0.339 e. The summed E-state index contributed by atoms with van der Waals surface area (Å²) in [6.07, 6.45) is 1.05. The Kier molecular flexibility index (Phi) is 8.26. The first-order valence-electron chi connectivity index (χ1n) is 9.19. The summed E-state index contributed by atoms with van der Waals surface area (Å²) in [4.78, 5) is 36.2. The summed E-state index contributed by atoms with van der Waals surface area (Å²) in [7, 11) is 0. The zero-order chi connectivity index (χ0) is 20.5. The molecule has 0 aliphatic carbocycles. The molecule has 0 aliphatic rings. The van der Waals surface area contributed by atoms with E-state index in [1.807, 2.05) is 24.3 Å². The molecule has 0 bridgehead atoms. The van der Waals surface area contributed by atoms with E-state index < -0.39 is 11.9 Å². The minimum atomic E-state index is -0.589. The van der Waals surface area contributed by atoms with Crippen LogP contribution < -0.4 is 5.32 Å². The number of rotatable bonds is 9. The van der Waals surface area contributed by atoms with Gasteiger partial charge in [-0.1, -0.05) is 38.1 Å². The summed E-state index contributed by atoms with van der Waals surface area (Å²) in [5.41, 5.74) is 2.22. The molecule has 1 amide bonds. The minimum Gasteiger partial charge on any atom is -0.452 e. The molecule has 6 heteroatoms.